The number of carbonyl (C=O) groups is 2. The molecule has 6 nitrogen and oxygen atoms in total. The van der Waals surface area contributed by atoms with Gasteiger partial charge in [0.25, 0.3) is 5.78 Å². The molecule has 1 saturated heterocycles. The number of amides is 1. The molecule has 0 bridgehead atoms. The summed E-state index contributed by atoms with van der Waals surface area (Å²) in [5.41, 5.74) is 2.47. The Labute approximate surface area is 158 Å². The summed E-state index contributed by atoms with van der Waals surface area (Å²) >= 11 is 0. The molecule has 2 aliphatic rings. The van der Waals surface area contributed by atoms with Crippen LogP contribution in [0, 0.1) is 0 Å². The number of ether oxygens (including phenoxy) is 1. The minimum Gasteiger partial charge on any atom is -0.497 e. The first-order valence-corrected chi connectivity index (χ1v) is 9.18. The average molecular weight is 365 g/mol. The largest absolute Gasteiger partial charge is 0.497 e. The van der Waals surface area contributed by atoms with E-state index in [1.807, 2.05) is 24.3 Å². The standard InChI is InChI=1S/C21H23N3O3/c1-27-17-6-4-5-16(13-17)14-22-9-11-23(12-10-22)15-24-19-8-3-2-7-18(19)20(25)21(24)26/h2-8,13H,9-12,14-15H2,1H3. The van der Waals surface area contributed by atoms with Crippen molar-refractivity contribution in [2.45, 2.75) is 6.54 Å². The van der Waals surface area contributed by atoms with Gasteiger partial charge in [-0.1, -0.05) is 24.3 Å². The summed E-state index contributed by atoms with van der Waals surface area (Å²) in [6, 6.07) is 15.4. The smallest absolute Gasteiger partial charge is 0.300 e. The topological polar surface area (TPSA) is 53.1 Å². The van der Waals surface area contributed by atoms with Gasteiger partial charge in [0.15, 0.2) is 0 Å². The van der Waals surface area contributed by atoms with Gasteiger partial charge in [-0.2, -0.15) is 0 Å². The molecule has 2 heterocycles. The van der Waals surface area contributed by atoms with Crippen LogP contribution in [0.5, 0.6) is 5.75 Å². The van der Waals surface area contributed by atoms with E-state index in [0.717, 1.165) is 44.2 Å². The van der Waals surface area contributed by atoms with Gasteiger partial charge in [0.2, 0.25) is 0 Å². The van der Waals surface area contributed by atoms with Crippen LogP contribution >= 0.6 is 0 Å². The van der Waals surface area contributed by atoms with Crippen molar-refractivity contribution in [3.8, 4) is 5.75 Å². The highest BCUT2D eigenvalue weighted by Gasteiger charge is 2.36. The molecule has 0 unspecified atom stereocenters. The van der Waals surface area contributed by atoms with Crippen LogP contribution in [0.25, 0.3) is 0 Å². The number of methoxy groups -OCH3 is 1. The maximum Gasteiger partial charge on any atom is 0.300 e. The molecule has 0 N–H and O–H groups in total. The van der Waals surface area contributed by atoms with Crippen LogP contribution in [0.4, 0.5) is 5.69 Å². The normalized spacial score (nSPS) is 18.0. The van der Waals surface area contributed by atoms with Crippen molar-refractivity contribution in [2.24, 2.45) is 0 Å². The zero-order chi connectivity index (χ0) is 18.8. The Bertz CT molecular complexity index is 859. The Balaban J connectivity index is 1.35. The van der Waals surface area contributed by atoms with E-state index >= 15 is 0 Å². The number of hydrogen-bond acceptors (Lipinski definition) is 5. The fourth-order valence-corrected chi connectivity index (χ4v) is 3.71. The lowest BCUT2D eigenvalue weighted by molar-refractivity contribution is -0.114. The first-order valence-electron chi connectivity index (χ1n) is 9.18. The number of piperazine rings is 1. The Kier molecular flexibility index (Phi) is 4.92. The van der Waals surface area contributed by atoms with E-state index in [-0.39, 0.29) is 0 Å². The number of hydrogen-bond donors (Lipinski definition) is 0. The van der Waals surface area contributed by atoms with Crippen LogP contribution in [0.2, 0.25) is 0 Å². The summed E-state index contributed by atoms with van der Waals surface area (Å²) in [6.07, 6.45) is 0. The van der Waals surface area contributed by atoms with Crippen molar-refractivity contribution in [2.75, 3.05) is 44.9 Å². The molecule has 0 radical (unpaired) electrons. The van der Waals surface area contributed by atoms with Gasteiger partial charge < -0.3 is 4.74 Å². The fourth-order valence-electron chi connectivity index (χ4n) is 3.71. The quantitative estimate of drug-likeness (QED) is 0.759. The second-order valence-corrected chi connectivity index (χ2v) is 6.97. The van der Waals surface area contributed by atoms with Crippen molar-refractivity contribution in [3.05, 3.63) is 59.7 Å². The monoisotopic (exact) mass is 365 g/mol. The van der Waals surface area contributed by atoms with Gasteiger partial charge in [-0.3, -0.25) is 24.3 Å². The van der Waals surface area contributed by atoms with Crippen LogP contribution in [0.3, 0.4) is 0 Å². The number of Topliss-reactive ketones (excluding diaryl/α,β-unsaturated/α-hetero) is 1. The highest BCUT2D eigenvalue weighted by atomic mass is 16.5. The molecule has 2 aromatic carbocycles. The van der Waals surface area contributed by atoms with Crippen LogP contribution in [0.1, 0.15) is 15.9 Å². The third kappa shape index (κ3) is 3.59. The summed E-state index contributed by atoms with van der Waals surface area (Å²) in [5.74, 6) is 0.0549. The minimum atomic E-state index is -0.421. The minimum absolute atomic E-state index is 0.401. The first kappa shape index (κ1) is 17.7. The Morgan fingerprint density at radius 3 is 2.44 bits per heavy atom. The van der Waals surface area contributed by atoms with Gasteiger partial charge in [0, 0.05) is 32.7 Å². The Morgan fingerprint density at radius 1 is 0.926 bits per heavy atom. The summed E-state index contributed by atoms with van der Waals surface area (Å²) < 4.78 is 5.29. The second kappa shape index (κ2) is 7.50. The molecule has 0 spiro atoms. The van der Waals surface area contributed by atoms with Crippen molar-refractivity contribution >= 4 is 17.4 Å². The van der Waals surface area contributed by atoms with Crippen LogP contribution in [-0.4, -0.2) is 61.4 Å². The summed E-state index contributed by atoms with van der Waals surface area (Å²) in [7, 11) is 1.68. The predicted molar refractivity (Wildman–Crippen MR) is 103 cm³/mol. The molecule has 4 rings (SSSR count). The van der Waals surface area contributed by atoms with Gasteiger partial charge in [-0.05, 0) is 29.8 Å². The highest BCUT2D eigenvalue weighted by Crippen LogP contribution is 2.28. The summed E-state index contributed by atoms with van der Waals surface area (Å²) in [6.45, 7) is 4.93. The molecule has 1 amide bonds. The van der Waals surface area contributed by atoms with E-state index < -0.39 is 11.7 Å². The zero-order valence-electron chi connectivity index (χ0n) is 15.4. The van der Waals surface area contributed by atoms with E-state index in [9.17, 15) is 9.59 Å². The maximum atomic E-state index is 12.3. The zero-order valence-corrected chi connectivity index (χ0v) is 15.4. The van der Waals surface area contributed by atoms with Crippen molar-refractivity contribution < 1.29 is 14.3 Å². The molecule has 2 aromatic rings. The maximum absolute atomic E-state index is 12.3. The van der Waals surface area contributed by atoms with Gasteiger partial charge in [-0.25, -0.2) is 0 Å². The van der Waals surface area contributed by atoms with E-state index in [1.165, 1.54) is 5.56 Å². The Morgan fingerprint density at radius 2 is 1.67 bits per heavy atom. The summed E-state index contributed by atoms with van der Waals surface area (Å²) in [5, 5.41) is 0. The molecule has 0 saturated carbocycles. The number of nitrogens with zero attached hydrogens (tertiary/aromatic N) is 3. The molecule has 0 aromatic heterocycles. The number of fused-ring (bicyclic) bond motifs is 1. The summed E-state index contributed by atoms with van der Waals surface area (Å²) in [4.78, 5) is 30.7. The molecule has 0 aliphatic carbocycles. The second-order valence-electron chi connectivity index (χ2n) is 6.97. The molecular weight excluding hydrogens is 342 g/mol. The van der Waals surface area contributed by atoms with E-state index in [1.54, 1.807) is 24.1 Å². The van der Waals surface area contributed by atoms with Crippen molar-refractivity contribution in [1.29, 1.82) is 0 Å². The highest BCUT2D eigenvalue weighted by molar-refractivity contribution is 6.52. The van der Waals surface area contributed by atoms with Gasteiger partial charge in [0.1, 0.15) is 5.75 Å². The molecule has 2 aliphatic heterocycles. The number of carbonyl (C=O) groups excluding carboxylic acids is 2. The van der Waals surface area contributed by atoms with Crippen LogP contribution in [-0.2, 0) is 11.3 Å². The third-order valence-electron chi connectivity index (χ3n) is 5.23. The Hall–Kier alpha value is -2.70. The number of ketones is 1. The molecule has 140 valence electrons. The molecule has 6 heteroatoms. The van der Waals surface area contributed by atoms with Gasteiger partial charge >= 0.3 is 5.91 Å². The first-order chi connectivity index (χ1) is 13.2. The fraction of sp³-hybridized carbons (Fsp3) is 0.333. The van der Waals surface area contributed by atoms with Gasteiger partial charge in [-0.15, -0.1) is 0 Å². The van der Waals surface area contributed by atoms with Gasteiger partial charge in [0.05, 0.1) is 25.0 Å². The lowest BCUT2D eigenvalue weighted by Crippen LogP contribution is -2.50. The molecular formula is C21H23N3O3. The van der Waals surface area contributed by atoms with E-state index in [2.05, 4.69) is 21.9 Å². The van der Waals surface area contributed by atoms with E-state index in [0.29, 0.717) is 12.2 Å². The predicted octanol–water partition coefficient (Wildman–Crippen LogP) is 2.00. The molecule has 1 fully saturated rings. The number of rotatable bonds is 5. The SMILES string of the molecule is COc1cccc(CN2CCN(CN3C(=O)C(=O)c4ccccc43)CC2)c1. The van der Waals surface area contributed by atoms with Crippen LogP contribution in [0.15, 0.2) is 48.5 Å². The third-order valence-corrected chi connectivity index (χ3v) is 5.23. The lowest BCUT2D eigenvalue weighted by Gasteiger charge is -2.36. The number of benzene rings is 2. The molecule has 27 heavy (non-hydrogen) atoms. The van der Waals surface area contributed by atoms with Crippen LogP contribution < -0.4 is 9.64 Å². The van der Waals surface area contributed by atoms with Crippen molar-refractivity contribution in [1.82, 2.24) is 9.80 Å². The number of anilines is 1. The van der Waals surface area contributed by atoms with E-state index in [4.69, 9.17) is 4.74 Å². The average Bonchev–Trinajstić information content (AvgIpc) is 2.95. The lowest BCUT2D eigenvalue weighted by atomic mass is 10.1. The van der Waals surface area contributed by atoms with Crippen molar-refractivity contribution in [3.63, 3.8) is 0 Å². The number of para-hydroxylation sites is 1. The molecule has 0 atom stereocenters.